The zero-order chi connectivity index (χ0) is 13.0. The number of nitriles is 1. The Balaban J connectivity index is 2.06. The van der Waals surface area contributed by atoms with Crippen molar-refractivity contribution in [1.82, 2.24) is 10.3 Å². The van der Waals surface area contributed by atoms with E-state index in [0.29, 0.717) is 30.1 Å². The topological polar surface area (TPSA) is 91.8 Å². The first-order chi connectivity index (χ1) is 8.70. The summed E-state index contributed by atoms with van der Waals surface area (Å²) < 4.78 is 0.900. The van der Waals surface area contributed by atoms with Gasteiger partial charge >= 0.3 is 0 Å². The molecular formula is C12H12N4OS. The van der Waals surface area contributed by atoms with E-state index in [2.05, 4.69) is 10.3 Å². The quantitative estimate of drug-likeness (QED) is 0.821. The summed E-state index contributed by atoms with van der Waals surface area (Å²) in [6.45, 7) is 0.509. The molecule has 2 aromatic rings. The van der Waals surface area contributed by atoms with E-state index in [1.54, 1.807) is 18.2 Å². The molecular weight excluding hydrogens is 248 g/mol. The van der Waals surface area contributed by atoms with E-state index in [1.807, 2.05) is 6.07 Å². The zero-order valence-electron chi connectivity index (χ0n) is 9.64. The van der Waals surface area contributed by atoms with E-state index in [4.69, 9.17) is 11.0 Å². The van der Waals surface area contributed by atoms with Crippen molar-refractivity contribution in [2.24, 2.45) is 0 Å². The molecule has 2 rings (SSSR count). The number of carbonyl (C=O) groups excluding carboxylic acids is 1. The second-order valence-corrected chi connectivity index (χ2v) is 4.81. The summed E-state index contributed by atoms with van der Waals surface area (Å²) in [5.41, 5.74) is 7.00. The number of nitrogens with two attached hydrogens (primary N) is 1. The summed E-state index contributed by atoms with van der Waals surface area (Å²) >= 11 is 1.36. The van der Waals surface area contributed by atoms with E-state index >= 15 is 0 Å². The lowest BCUT2D eigenvalue weighted by molar-refractivity contribution is 0.0953. The van der Waals surface area contributed by atoms with Crippen LogP contribution in [0.5, 0.6) is 0 Å². The van der Waals surface area contributed by atoms with Crippen LogP contribution in [0.3, 0.4) is 0 Å². The smallest absolute Gasteiger partial charge is 0.251 e. The number of nitrogens with zero attached hydrogens (tertiary/aromatic N) is 2. The Bertz CT molecular complexity index is 614. The minimum atomic E-state index is -0.137. The Labute approximate surface area is 108 Å². The summed E-state index contributed by atoms with van der Waals surface area (Å²) in [5, 5.41) is 11.7. The number of unbranched alkanes of at least 4 members (excludes halogenated alkanes) is 1. The fourth-order valence-corrected chi connectivity index (χ4v) is 2.33. The highest BCUT2D eigenvalue weighted by atomic mass is 32.1. The van der Waals surface area contributed by atoms with Crippen LogP contribution in [0.15, 0.2) is 18.2 Å². The van der Waals surface area contributed by atoms with Gasteiger partial charge in [0.1, 0.15) is 0 Å². The van der Waals surface area contributed by atoms with Gasteiger partial charge in [-0.1, -0.05) is 11.3 Å². The second kappa shape index (κ2) is 5.47. The average molecular weight is 260 g/mol. The van der Waals surface area contributed by atoms with Crippen molar-refractivity contribution in [3.05, 3.63) is 23.8 Å². The Morgan fingerprint density at radius 3 is 3.17 bits per heavy atom. The molecule has 0 atom stereocenters. The third kappa shape index (κ3) is 2.76. The molecule has 92 valence electrons. The molecule has 1 aromatic heterocycles. The third-order valence-corrected chi connectivity index (χ3v) is 3.27. The maximum Gasteiger partial charge on any atom is 0.251 e. The molecule has 0 saturated carbocycles. The lowest BCUT2D eigenvalue weighted by Gasteiger charge is -2.03. The molecule has 0 aliphatic rings. The molecule has 1 amide bonds. The standard InChI is InChI=1S/C12H12N4OS/c13-5-1-2-6-15-11(17)8-3-4-9-10(7-8)18-12(14)16-9/h3-4,7H,1-2,6H2,(H2,14,16)(H,15,17). The van der Waals surface area contributed by atoms with Gasteiger partial charge in [0.2, 0.25) is 0 Å². The van der Waals surface area contributed by atoms with Crippen LogP contribution >= 0.6 is 11.3 Å². The Morgan fingerprint density at radius 1 is 1.56 bits per heavy atom. The van der Waals surface area contributed by atoms with Gasteiger partial charge in [-0.15, -0.1) is 0 Å². The molecule has 5 nitrogen and oxygen atoms in total. The highest BCUT2D eigenvalue weighted by Crippen LogP contribution is 2.24. The summed E-state index contributed by atoms with van der Waals surface area (Å²) in [5.74, 6) is -0.137. The molecule has 0 aliphatic carbocycles. The molecule has 6 heteroatoms. The predicted molar refractivity (Wildman–Crippen MR) is 71.2 cm³/mol. The molecule has 18 heavy (non-hydrogen) atoms. The second-order valence-electron chi connectivity index (χ2n) is 3.75. The number of nitrogen functional groups attached to an aromatic ring is 1. The highest BCUT2D eigenvalue weighted by molar-refractivity contribution is 7.22. The van der Waals surface area contributed by atoms with Crippen LogP contribution in [0, 0.1) is 11.3 Å². The van der Waals surface area contributed by atoms with Crippen molar-refractivity contribution in [3.63, 3.8) is 0 Å². The molecule has 3 N–H and O–H groups in total. The number of fused-ring (bicyclic) bond motifs is 1. The van der Waals surface area contributed by atoms with Gasteiger partial charge < -0.3 is 11.1 Å². The summed E-state index contributed by atoms with van der Waals surface area (Å²) in [7, 11) is 0. The van der Waals surface area contributed by atoms with E-state index in [1.165, 1.54) is 11.3 Å². The van der Waals surface area contributed by atoms with Gasteiger partial charge in [0, 0.05) is 18.5 Å². The minimum absolute atomic E-state index is 0.137. The van der Waals surface area contributed by atoms with Crippen LogP contribution in [0.25, 0.3) is 10.2 Å². The zero-order valence-corrected chi connectivity index (χ0v) is 10.5. The van der Waals surface area contributed by atoms with Gasteiger partial charge in [-0.25, -0.2) is 4.98 Å². The van der Waals surface area contributed by atoms with Gasteiger partial charge in [0.25, 0.3) is 5.91 Å². The first-order valence-corrected chi connectivity index (χ1v) is 6.33. The number of hydrogen-bond acceptors (Lipinski definition) is 5. The lowest BCUT2D eigenvalue weighted by atomic mass is 10.2. The Hall–Kier alpha value is -2.13. The van der Waals surface area contributed by atoms with Crippen molar-refractivity contribution in [2.75, 3.05) is 12.3 Å². The van der Waals surface area contributed by atoms with Crippen LogP contribution in [0.1, 0.15) is 23.2 Å². The number of amides is 1. The monoisotopic (exact) mass is 260 g/mol. The van der Waals surface area contributed by atoms with Crippen LogP contribution in [-0.2, 0) is 0 Å². The number of anilines is 1. The molecule has 0 spiro atoms. The number of aromatic nitrogens is 1. The number of carbonyl (C=O) groups is 1. The number of rotatable bonds is 4. The average Bonchev–Trinajstić information content (AvgIpc) is 2.73. The molecule has 0 bridgehead atoms. The van der Waals surface area contributed by atoms with Crippen molar-refractivity contribution < 1.29 is 4.79 Å². The van der Waals surface area contributed by atoms with Gasteiger partial charge in [-0.05, 0) is 24.6 Å². The molecule has 0 aliphatic heterocycles. The van der Waals surface area contributed by atoms with Crippen LogP contribution in [-0.4, -0.2) is 17.4 Å². The number of thiazole rings is 1. The Kier molecular flexibility index (Phi) is 3.75. The van der Waals surface area contributed by atoms with E-state index < -0.39 is 0 Å². The fraction of sp³-hybridized carbons (Fsp3) is 0.250. The maximum atomic E-state index is 11.8. The van der Waals surface area contributed by atoms with E-state index in [-0.39, 0.29) is 5.91 Å². The van der Waals surface area contributed by atoms with E-state index in [9.17, 15) is 4.79 Å². The molecule has 0 saturated heterocycles. The van der Waals surface area contributed by atoms with Crippen LogP contribution < -0.4 is 11.1 Å². The van der Waals surface area contributed by atoms with Crippen LogP contribution in [0.2, 0.25) is 0 Å². The number of benzene rings is 1. The lowest BCUT2D eigenvalue weighted by Crippen LogP contribution is -2.24. The molecule has 1 heterocycles. The van der Waals surface area contributed by atoms with Gasteiger partial charge in [0.15, 0.2) is 5.13 Å². The highest BCUT2D eigenvalue weighted by Gasteiger charge is 2.08. The maximum absolute atomic E-state index is 11.8. The van der Waals surface area contributed by atoms with Crippen molar-refractivity contribution in [1.29, 1.82) is 5.26 Å². The SMILES string of the molecule is N#CCCCNC(=O)c1ccc2nc(N)sc2c1. The van der Waals surface area contributed by atoms with Gasteiger partial charge in [0.05, 0.1) is 16.3 Å². The van der Waals surface area contributed by atoms with E-state index in [0.717, 1.165) is 10.2 Å². The summed E-state index contributed by atoms with van der Waals surface area (Å²) in [4.78, 5) is 15.9. The van der Waals surface area contributed by atoms with Gasteiger partial charge in [-0.2, -0.15) is 5.26 Å². The van der Waals surface area contributed by atoms with Crippen LogP contribution in [0.4, 0.5) is 5.13 Å². The first kappa shape index (κ1) is 12.3. The van der Waals surface area contributed by atoms with Gasteiger partial charge in [-0.3, -0.25) is 4.79 Å². The largest absolute Gasteiger partial charge is 0.375 e. The normalized spacial score (nSPS) is 10.2. The first-order valence-electron chi connectivity index (χ1n) is 5.52. The summed E-state index contributed by atoms with van der Waals surface area (Å²) in [6.07, 6.45) is 1.11. The number of nitrogens with one attached hydrogen (secondary N) is 1. The van der Waals surface area contributed by atoms with Crippen molar-refractivity contribution in [3.8, 4) is 6.07 Å². The van der Waals surface area contributed by atoms with Crippen molar-refractivity contribution in [2.45, 2.75) is 12.8 Å². The minimum Gasteiger partial charge on any atom is -0.375 e. The third-order valence-electron chi connectivity index (χ3n) is 2.42. The number of hydrogen-bond donors (Lipinski definition) is 2. The van der Waals surface area contributed by atoms with Crippen molar-refractivity contribution >= 4 is 32.6 Å². The summed E-state index contributed by atoms with van der Waals surface area (Å²) in [6, 6.07) is 7.32. The molecule has 0 fully saturated rings. The molecule has 0 radical (unpaired) electrons. The predicted octanol–water partition coefficient (Wildman–Crippen LogP) is 1.91. The molecule has 1 aromatic carbocycles. The molecule has 0 unspecified atom stereocenters. The fourth-order valence-electron chi connectivity index (χ4n) is 1.56. The Morgan fingerprint density at radius 2 is 2.39 bits per heavy atom.